The van der Waals surface area contributed by atoms with E-state index in [1.165, 1.54) is 23.3 Å². The molecule has 2 heterocycles. The first-order valence-corrected chi connectivity index (χ1v) is 17.5. The average Bonchev–Trinajstić information content (AvgIpc) is 3.51. The highest BCUT2D eigenvalue weighted by Crippen LogP contribution is 2.40. The molecule has 0 radical (unpaired) electrons. The zero-order valence-corrected chi connectivity index (χ0v) is 29.1. The summed E-state index contributed by atoms with van der Waals surface area (Å²) >= 11 is 0. The van der Waals surface area contributed by atoms with E-state index in [1.54, 1.807) is 0 Å². The normalized spacial score (nSPS) is 11.4. The van der Waals surface area contributed by atoms with Gasteiger partial charge in [-0.3, -0.25) is 0 Å². The first-order chi connectivity index (χ1) is 25.9. The number of aromatic nitrogens is 4. The summed E-state index contributed by atoms with van der Waals surface area (Å²) in [5.41, 5.74) is 10.9. The minimum atomic E-state index is -0.648. The molecule has 0 fully saturated rings. The van der Waals surface area contributed by atoms with E-state index in [-0.39, 0.29) is 0 Å². The maximum atomic E-state index is 14.6. The molecule has 0 atom stereocenters. The lowest BCUT2D eigenvalue weighted by atomic mass is 9.99. The van der Waals surface area contributed by atoms with Crippen molar-refractivity contribution in [2.75, 3.05) is 0 Å². The second-order valence-corrected chi connectivity index (χ2v) is 13.4. The number of hydrogen-bond donors (Lipinski definition) is 0. The van der Waals surface area contributed by atoms with E-state index in [4.69, 9.17) is 15.0 Å². The largest absolute Gasteiger partial charge is 0.308 e. The number of halogens is 2. The van der Waals surface area contributed by atoms with Crippen LogP contribution in [-0.2, 0) is 0 Å². The number of fused-ring (bicyclic) bond motifs is 3. The molecule has 0 unspecified atom stereocenters. The number of hydrogen-bond acceptors (Lipinski definition) is 3. The van der Waals surface area contributed by atoms with Gasteiger partial charge in [0.1, 0.15) is 11.6 Å². The fraction of sp³-hybridized carbons (Fsp3) is 0.0426. The quantitative estimate of drug-likeness (QED) is 0.174. The molecular weight excluding hydrogens is 659 g/mol. The molecule has 0 bridgehead atoms. The maximum absolute atomic E-state index is 14.6. The molecular formula is C47H32F2N4. The van der Waals surface area contributed by atoms with Gasteiger partial charge < -0.3 is 4.57 Å². The van der Waals surface area contributed by atoms with Gasteiger partial charge >= 0.3 is 0 Å². The van der Waals surface area contributed by atoms with Crippen molar-refractivity contribution in [1.82, 2.24) is 19.5 Å². The smallest absolute Gasteiger partial charge is 0.166 e. The van der Waals surface area contributed by atoms with Crippen LogP contribution in [-0.4, -0.2) is 19.5 Å². The Morgan fingerprint density at radius 2 is 0.925 bits per heavy atom. The van der Waals surface area contributed by atoms with Crippen LogP contribution in [0.15, 0.2) is 158 Å². The average molecular weight is 691 g/mol. The zero-order chi connectivity index (χ0) is 36.1. The van der Waals surface area contributed by atoms with Crippen LogP contribution in [0.2, 0.25) is 0 Å². The Balaban J connectivity index is 1.36. The monoisotopic (exact) mass is 690 g/mol. The van der Waals surface area contributed by atoms with Crippen molar-refractivity contribution in [3.05, 3.63) is 180 Å². The lowest BCUT2D eigenvalue weighted by molar-refractivity contribution is 0.584. The van der Waals surface area contributed by atoms with E-state index in [1.807, 2.05) is 84.9 Å². The molecule has 2 aromatic heterocycles. The lowest BCUT2D eigenvalue weighted by Crippen LogP contribution is -2.04. The summed E-state index contributed by atoms with van der Waals surface area (Å²) < 4.78 is 31.5. The maximum Gasteiger partial charge on any atom is 0.166 e. The zero-order valence-electron chi connectivity index (χ0n) is 29.1. The molecule has 0 N–H and O–H groups in total. The van der Waals surface area contributed by atoms with E-state index >= 15 is 0 Å². The van der Waals surface area contributed by atoms with Crippen LogP contribution in [0.5, 0.6) is 0 Å². The summed E-state index contributed by atoms with van der Waals surface area (Å²) in [6.45, 7) is 4.24. The van der Waals surface area contributed by atoms with E-state index in [0.717, 1.165) is 55.8 Å². The predicted molar refractivity (Wildman–Crippen MR) is 211 cm³/mol. The van der Waals surface area contributed by atoms with Crippen molar-refractivity contribution in [3.63, 3.8) is 0 Å². The summed E-state index contributed by atoms with van der Waals surface area (Å²) in [7, 11) is 0. The molecule has 0 aliphatic carbocycles. The highest BCUT2D eigenvalue weighted by atomic mass is 19.1. The van der Waals surface area contributed by atoms with Crippen LogP contribution < -0.4 is 0 Å². The molecule has 0 aliphatic rings. The van der Waals surface area contributed by atoms with Gasteiger partial charge in [0, 0.05) is 33.5 Å². The molecule has 0 amide bonds. The molecule has 4 nitrogen and oxygen atoms in total. The third kappa shape index (κ3) is 6.04. The van der Waals surface area contributed by atoms with Gasteiger partial charge in [0.25, 0.3) is 0 Å². The highest BCUT2D eigenvalue weighted by molar-refractivity contribution is 6.10. The van der Waals surface area contributed by atoms with Crippen LogP contribution in [0.4, 0.5) is 8.78 Å². The summed E-state index contributed by atoms with van der Waals surface area (Å²) in [5, 5.41) is 2.20. The Labute approximate surface area is 305 Å². The van der Waals surface area contributed by atoms with Gasteiger partial charge in [0.05, 0.1) is 16.7 Å². The molecule has 6 heteroatoms. The fourth-order valence-corrected chi connectivity index (χ4v) is 7.29. The minimum Gasteiger partial charge on any atom is -0.308 e. The Kier molecular flexibility index (Phi) is 7.93. The molecule has 7 aromatic carbocycles. The van der Waals surface area contributed by atoms with Crippen molar-refractivity contribution in [2.45, 2.75) is 13.8 Å². The third-order valence-electron chi connectivity index (χ3n) is 9.60. The molecule has 9 rings (SSSR count). The van der Waals surface area contributed by atoms with E-state index < -0.39 is 11.6 Å². The van der Waals surface area contributed by atoms with Crippen molar-refractivity contribution in [1.29, 1.82) is 0 Å². The topological polar surface area (TPSA) is 43.6 Å². The molecule has 0 saturated heterocycles. The van der Waals surface area contributed by atoms with Gasteiger partial charge in [-0.25, -0.2) is 23.7 Å². The standard InChI is InChI=1S/C47H32F2N4/c1-29-21-30(2)23-35(22-29)34-17-19-40-39-15-9-10-16-42(39)53(44(40)27-34)43-20-18-33(36-24-37(48)28-38(49)25-36)26-41(43)47-51-45(31-11-5-3-6-12-31)50-46(52-47)32-13-7-4-8-14-32/h3-28H,1-2H3. The Morgan fingerprint density at radius 1 is 0.396 bits per heavy atom. The van der Waals surface area contributed by atoms with Gasteiger partial charge in [-0.15, -0.1) is 0 Å². The van der Waals surface area contributed by atoms with Gasteiger partial charge in [0.2, 0.25) is 0 Å². The third-order valence-corrected chi connectivity index (χ3v) is 9.60. The first kappa shape index (κ1) is 32.1. The summed E-state index contributed by atoms with van der Waals surface area (Å²) in [6, 6.07) is 50.6. The van der Waals surface area contributed by atoms with Gasteiger partial charge in [-0.1, -0.05) is 126 Å². The second-order valence-electron chi connectivity index (χ2n) is 13.4. The van der Waals surface area contributed by atoms with Crippen LogP contribution in [0.3, 0.4) is 0 Å². The SMILES string of the molecule is Cc1cc(C)cc(-c2ccc3c4ccccc4n(-c4ccc(-c5cc(F)cc(F)c5)cc4-c4nc(-c5ccccc5)nc(-c5ccccc5)n4)c3c2)c1. The number of aryl methyl sites for hydroxylation is 2. The molecule has 0 spiro atoms. The molecule has 254 valence electrons. The minimum absolute atomic E-state index is 0.412. The van der Waals surface area contributed by atoms with E-state index in [9.17, 15) is 8.78 Å². The highest BCUT2D eigenvalue weighted by Gasteiger charge is 2.21. The van der Waals surface area contributed by atoms with Crippen molar-refractivity contribution in [3.8, 4) is 62.1 Å². The Morgan fingerprint density at radius 3 is 1.58 bits per heavy atom. The molecule has 9 aromatic rings. The Bertz CT molecular complexity index is 2730. The molecule has 0 saturated carbocycles. The number of rotatable bonds is 6. The first-order valence-electron chi connectivity index (χ1n) is 17.5. The van der Waals surface area contributed by atoms with Gasteiger partial charge in [-0.2, -0.15) is 0 Å². The van der Waals surface area contributed by atoms with E-state index in [0.29, 0.717) is 34.2 Å². The predicted octanol–water partition coefficient (Wildman–Crippen LogP) is 12.2. The van der Waals surface area contributed by atoms with Gasteiger partial charge in [-0.05, 0) is 72.5 Å². The molecule has 0 aliphatic heterocycles. The fourth-order valence-electron chi connectivity index (χ4n) is 7.29. The number of benzene rings is 7. The van der Waals surface area contributed by atoms with Crippen LogP contribution in [0.1, 0.15) is 11.1 Å². The summed E-state index contributed by atoms with van der Waals surface area (Å²) in [5.74, 6) is 0.168. The van der Waals surface area contributed by atoms with Crippen molar-refractivity contribution in [2.24, 2.45) is 0 Å². The number of nitrogens with zero attached hydrogens (tertiary/aromatic N) is 4. The van der Waals surface area contributed by atoms with Gasteiger partial charge in [0.15, 0.2) is 17.5 Å². The Hall–Kier alpha value is -6.79. The van der Waals surface area contributed by atoms with Crippen LogP contribution >= 0.6 is 0 Å². The summed E-state index contributed by atoms with van der Waals surface area (Å²) in [4.78, 5) is 15.1. The summed E-state index contributed by atoms with van der Waals surface area (Å²) in [6.07, 6.45) is 0. The van der Waals surface area contributed by atoms with Crippen molar-refractivity contribution < 1.29 is 8.78 Å². The second kappa shape index (κ2) is 13.1. The van der Waals surface area contributed by atoms with E-state index in [2.05, 4.69) is 73.0 Å². The van der Waals surface area contributed by atoms with Crippen LogP contribution in [0, 0.1) is 25.5 Å². The molecule has 53 heavy (non-hydrogen) atoms. The lowest BCUT2D eigenvalue weighted by Gasteiger charge is -2.17. The van der Waals surface area contributed by atoms with Crippen LogP contribution in [0.25, 0.3) is 83.9 Å². The van der Waals surface area contributed by atoms with Crippen molar-refractivity contribution >= 4 is 21.8 Å². The number of para-hydroxylation sites is 1.